The Bertz CT molecular complexity index is 584. The second-order valence-corrected chi connectivity index (χ2v) is 3.46. The predicted octanol–water partition coefficient (Wildman–Crippen LogP) is 1.99. The summed E-state index contributed by atoms with van der Waals surface area (Å²) in [5.41, 5.74) is 0.828. The summed E-state index contributed by atoms with van der Waals surface area (Å²) in [7, 11) is 1.31. The van der Waals surface area contributed by atoms with Gasteiger partial charge in [0, 0.05) is 5.56 Å². The monoisotopic (exact) mass is 248 g/mol. The van der Waals surface area contributed by atoms with Crippen LogP contribution in [0.15, 0.2) is 30.3 Å². The maximum Gasteiger partial charge on any atom is 0.341 e. The van der Waals surface area contributed by atoms with Crippen molar-refractivity contribution in [1.82, 2.24) is 10.2 Å². The summed E-state index contributed by atoms with van der Waals surface area (Å²) in [6.45, 7) is 0. The molecule has 2 rings (SSSR count). The minimum atomic E-state index is -1.16. The first-order valence-electron chi connectivity index (χ1n) is 5.03. The Labute approximate surface area is 102 Å². The molecule has 0 aliphatic rings. The zero-order valence-electron chi connectivity index (χ0n) is 9.42. The molecule has 0 saturated heterocycles. The Morgan fingerprint density at radius 2 is 1.94 bits per heavy atom. The third-order valence-electron chi connectivity index (χ3n) is 2.32. The maximum atomic E-state index is 12.8. The molecule has 92 valence electrons. The van der Waals surface area contributed by atoms with Crippen molar-refractivity contribution in [3.63, 3.8) is 0 Å². The molecule has 1 aromatic heterocycles. The molecule has 18 heavy (non-hydrogen) atoms. The van der Waals surface area contributed by atoms with Gasteiger partial charge in [-0.15, -0.1) is 10.2 Å². The zero-order chi connectivity index (χ0) is 13.1. The summed E-state index contributed by atoms with van der Waals surface area (Å²) < 4.78 is 17.6. The van der Waals surface area contributed by atoms with Gasteiger partial charge in [0.25, 0.3) is 0 Å². The number of hydrogen-bond acceptors (Lipinski definition) is 4. The maximum absolute atomic E-state index is 12.8. The summed E-state index contributed by atoms with van der Waals surface area (Å²) in [5, 5.41) is 16.5. The fourth-order valence-electron chi connectivity index (χ4n) is 1.45. The van der Waals surface area contributed by atoms with Crippen molar-refractivity contribution < 1.29 is 19.0 Å². The van der Waals surface area contributed by atoms with E-state index in [1.807, 2.05) is 0 Å². The Morgan fingerprint density at radius 3 is 2.50 bits per heavy atom. The van der Waals surface area contributed by atoms with Gasteiger partial charge in [0.15, 0.2) is 0 Å². The van der Waals surface area contributed by atoms with Crippen molar-refractivity contribution in [2.75, 3.05) is 7.11 Å². The van der Waals surface area contributed by atoms with Crippen molar-refractivity contribution in [2.45, 2.75) is 0 Å². The Balaban J connectivity index is 2.49. The fourth-order valence-corrected chi connectivity index (χ4v) is 1.45. The lowest BCUT2D eigenvalue weighted by molar-refractivity contribution is 0.0692. The highest BCUT2D eigenvalue weighted by atomic mass is 19.1. The van der Waals surface area contributed by atoms with Crippen molar-refractivity contribution in [3.8, 4) is 17.1 Å². The van der Waals surface area contributed by atoms with Crippen molar-refractivity contribution >= 4 is 5.97 Å². The fraction of sp³-hybridized carbons (Fsp3) is 0.0833. The molecule has 6 heteroatoms. The Hall–Kier alpha value is -2.50. The molecule has 0 atom stereocenters. The molecular weight excluding hydrogens is 239 g/mol. The Morgan fingerprint density at radius 1 is 1.28 bits per heavy atom. The number of hydrogen-bond donors (Lipinski definition) is 1. The van der Waals surface area contributed by atoms with Gasteiger partial charge in [-0.1, -0.05) is 0 Å². The highest BCUT2D eigenvalue weighted by molar-refractivity contribution is 5.91. The number of aromatic nitrogens is 2. The molecule has 0 spiro atoms. The lowest BCUT2D eigenvalue weighted by atomic mass is 10.1. The second kappa shape index (κ2) is 4.79. The van der Waals surface area contributed by atoms with E-state index in [1.165, 1.54) is 37.4 Å². The van der Waals surface area contributed by atoms with Crippen LogP contribution in [0.3, 0.4) is 0 Å². The molecule has 2 aromatic rings. The smallest absolute Gasteiger partial charge is 0.341 e. The van der Waals surface area contributed by atoms with E-state index < -0.39 is 5.97 Å². The number of aromatic carboxylic acids is 1. The molecule has 1 aromatic carbocycles. The number of methoxy groups -OCH3 is 1. The molecule has 1 heterocycles. The number of rotatable bonds is 3. The molecule has 0 aliphatic heterocycles. The van der Waals surface area contributed by atoms with E-state index in [0.29, 0.717) is 11.3 Å². The molecule has 1 N–H and O–H groups in total. The van der Waals surface area contributed by atoms with Gasteiger partial charge in [0.05, 0.1) is 12.8 Å². The SMILES string of the molecule is COc1nnc(-c2ccc(F)cc2)cc1C(=O)O. The van der Waals surface area contributed by atoms with Crippen molar-refractivity contribution in [1.29, 1.82) is 0 Å². The largest absolute Gasteiger partial charge is 0.479 e. The van der Waals surface area contributed by atoms with Gasteiger partial charge in [-0.3, -0.25) is 0 Å². The normalized spacial score (nSPS) is 10.1. The van der Waals surface area contributed by atoms with E-state index in [2.05, 4.69) is 10.2 Å². The number of ether oxygens (including phenoxy) is 1. The van der Waals surface area contributed by atoms with Gasteiger partial charge < -0.3 is 9.84 Å². The third-order valence-corrected chi connectivity index (χ3v) is 2.32. The van der Waals surface area contributed by atoms with Crippen molar-refractivity contribution in [2.24, 2.45) is 0 Å². The minimum Gasteiger partial charge on any atom is -0.479 e. The van der Waals surface area contributed by atoms with Crippen LogP contribution in [0.25, 0.3) is 11.3 Å². The topological polar surface area (TPSA) is 72.3 Å². The van der Waals surface area contributed by atoms with Crippen LogP contribution in [0.1, 0.15) is 10.4 Å². The summed E-state index contributed by atoms with van der Waals surface area (Å²) >= 11 is 0. The van der Waals surface area contributed by atoms with E-state index in [4.69, 9.17) is 9.84 Å². The van der Waals surface area contributed by atoms with E-state index in [9.17, 15) is 9.18 Å². The number of carboxylic acid groups (broad SMARTS) is 1. The first-order valence-corrected chi connectivity index (χ1v) is 5.03. The molecule has 0 saturated carbocycles. The molecule has 0 radical (unpaired) electrons. The van der Waals surface area contributed by atoms with Gasteiger partial charge in [-0.25, -0.2) is 9.18 Å². The van der Waals surface area contributed by atoms with Crippen LogP contribution in [0.5, 0.6) is 5.88 Å². The highest BCUT2D eigenvalue weighted by Crippen LogP contribution is 2.22. The van der Waals surface area contributed by atoms with Crippen LogP contribution in [0.4, 0.5) is 4.39 Å². The number of benzene rings is 1. The summed E-state index contributed by atoms with van der Waals surface area (Å²) in [6.07, 6.45) is 0. The lowest BCUT2D eigenvalue weighted by Crippen LogP contribution is -2.04. The first kappa shape index (κ1) is 12.0. The third kappa shape index (κ3) is 2.27. The molecule has 0 unspecified atom stereocenters. The summed E-state index contributed by atoms with van der Waals surface area (Å²) in [6, 6.07) is 6.86. The number of carboxylic acids is 1. The number of nitrogens with zero attached hydrogens (tertiary/aromatic N) is 2. The molecule has 0 amide bonds. The quantitative estimate of drug-likeness (QED) is 0.899. The molecular formula is C12H9FN2O3. The van der Waals surface area contributed by atoms with Gasteiger partial charge in [0.1, 0.15) is 11.4 Å². The van der Waals surface area contributed by atoms with Gasteiger partial charge in [-0.2, -0.15) is 0 Å². The van der Waals surface area contributed by atoms with Crippen LogP contribution < -0.4 is 4.74 Å². The van der Waals surface area contributed by atoms with Crippen molar-refractivity contribution in [3.05, 3.63) is 41.7 Å². The van der Waals surface area contributed by atoms with Gasteiger partial charge in [0.2, 0.25) is 5.88 Å². The summed E-state index contributed by atoms with van der Waals surface area (Å²) in [4.78, 5) is 11.0. The van der Waals surface area contributed by atoms with E-state index in [1.54, 1.807) is 0 Å². The van der Waals surface area contributed by atoms with E-state index in [0.717, 1.165) is 0 Å². The van der Waals surface area contributed by atoms with E-state index >= 15 is 0 Å². The average molecular weight is 248 g/mol. The highest BCUT2D eigenvalue weighted by Gasteiger charge is 2.15. The van der Waals surface area contributed by atoms with Crippen LogP contribution in [-0.4, -0.2) is 28.4 Å². The molecule has 0 bridgehead atoms. The lowest BCUT2D eigenvalue weighted by Gasteiger charge is -2.05. The number of halogens is 1. The first-order chi connectivity index (χ1) is 8.61. The van der Waals surface area contributed by atoms with E-state index in [-0.39, 0.29) is 17.3 Å². The summed E-state index contributed by atoms with van der Waals surface area (Å²) in [5.74, 6) is -1.60. The number of carbonyl (C=O) groups is 1. The average Bonchev–Trinajstić information content (AvgIpc) is 2.39. The zero-order valence-corrected chi connectivity index (χ0v) is 9.42. The van der Waals surface area contributed by atoms with Gasteiger partial charge >= 0.3 is 5.97 Å². The van der Waals surface area contributed by atoms with Crippen LogP contribution in [0, 0.1) is 5.82 Å². The molecule has 0 aliphatic carbocycles. The van der Waals surface area contributed by atoms with Crippen LogP contribution in [0.2, 0.25) is 0 Å². The van der Waals surface area contributed by atoms with Gasteiger partial charge in [-0.05, 0) is 30.3 Å². The Kier molecular flexibility index (Phi) is 3.18. The van der Waals surface area contributed by atoms with Crippen LogP contribution in [-0.2, 0) is 0 Å². The molecule has 0 fully saturated rings. The standard InChI is InChI=1S/C12H9FN2O3/c1-18-11-9(12(16)17)6-10(14-15-11)7-2-4-8(13)5-3-7/h2-6H,1H3,(H,16,17). The molecule has 5 nitrogen and oxygen atoms in total. The predicted molar refractivity (Wildman–Crippen MR) is 60.9 cm³/mol. The minimum absolute atomic E-state index is 0.0617. The second-order valence-electron chi connectivity index (χ2n) is 3.46. The van der Waals surface area contributed by atoms with Crippen LogP contribution >= 0.6 is 0 Å².